The highest BCUT2D eigenvalue weighted by Crippen LogP contribution is 2.11. The summed E-state index contributed by atoms with van der Waals surface area (Å²) in [5.41, 5.74) is 0.408. The maximum absolute atomic E-state index is 11.3. The first kappa shape index (κ1) is 10.5. The normalized spacial score (nSPS) is 12.1. The second kappa shape index (κ2) is 4.60. The van der Waals surface area contributed by atoms with Crippen LogP contribution in [0.3, 0.4) is 0 Å². The number of hydrogen-bond donors (Lipinski definition) is 0. The van der Waals surface area contributed by atoms with Gasteiger partial charge in [0.1, 0.15) is 5.92 Å². The molecule has 0 bridgehead atoms. The third-order valence-corrected chi connectivity index (χ3v) is 1.94. The molecule has 0 fully saturated rings. The molecule has 0 spiro atoms. The largest absolute Gasteiger partial charge is 0.618 e. The van der Waals surface area contributed by atoms with Crippen LogP contribution in [-0.4, -0.2) is 12.6 Å². The maximum atomic E-state index is 11.3. The van der Waals surface area contributed by atoms with Crippen LogP contribution in [0.4, 0.5) is 0 Å². The molecule has 1 atom stereocenters. The van der Waals surface area contributed by atoms with Crippen molar-refractivity contribution < 1.29 is 14.3 Å². The molecule has 0 radical (unpaired) electrons. The quantitative estimate of drug-likeness (QED) is 0.410. The summed E-state index contributed by atoms with van der Waals surface area (Å²) in [6.07, 6.45) is 1.37. The minimum atomic E-state index is -0.520. The van der Waals surface area contributed by atoms with Crippen molar-refractivity contribution in [1.82, 2.24) is 0 Å². The molecule has 0 aliphatic rings. The van der Waals surface area contributed by atoms with Crippen LogP contribution < -0.4 is 4.73 Å². The lowest BCUT2D eigenvalue weighted by atomic mass is 10.1. The molecule has 0 aliphatic carbocycles. The molecule has 0 N–H and O–H groups in total. The first-order valence-electron chi connectivity index (χ1n) is 4.51. The number of carbonyl (C=O) groups excluding carboxylic acids is 1. The average Bonchev–Trinajstić information content (AvgIpc) is 2.18. The Hall–Kier alpha value is -1.58. The fourth-order valence-corrected chi connectivity index (χ4v) is 1.16. The number of ether oxygens (including phenoxy) is 1. The van der Waals surface area contributed by atoms with E-state index >= 15 is 0 Å². The summed E-state index contributed by atoms with van der Waals surface area (Å²) in [4.78, 5) is 11.3. The molecule has 0 aromatic carbocycles. The van der Waals surface area contributed by atoms with Crippen molar-refractivity contribution in [3.63, 3.8) is 0 Å². The Morgan fingerprint density at radius 1 is 1.64 bits per heavy atom. The molecule has 0 aliphatic heterocycles. The van der Waals surface area contributed by atoms with Gasteiger partial charge in [-0.15, -0.1) is 0 Å². The van der Waals surface area contributed by atoms with Gasteiger partial charge in [0.2, 0.25) is 5.69 Å². The monoisotopic (exact) mass is 195 g/mol. The van der Waals surface area contributed by atoms with E-state index < -0.39 is 5.92 Å². The highest BCUT2D eigenvalue weighted by molar-refractivity contribution is 5.76. The van der Waals surface area contributed by atoms with Gasteiger partial charge in [-0.25, -0.2) is 0 Å². The van der Waals surface area contributed by atoms with Crippen LogP contribution in [0.25, 0.3) is 0 Å². The summed E-state index contributed by atoms with van der Waals surface area (Å²) in [5, 5.41) is 11.3. The van der Waals surface area contributed by atoms with E-state index in [1.54, 1.807) is 32.0 Å². The Balaban J connectivity index is 2.84. The summed E-state index contributed by atoms with van der Waals surface area (Å²) in [7, 11) is 0. The lowest BCUT2D eigenvalue weighted by Gasteiger charge is -2.09. The first-order chi connectivity index (χ1) is 6.66. The lowest BCUT2D eigenvalue weighted by molar-refractivity contribution is -0.614. The fraction of sp³-hybridized carbons (Fsp3) is 0.400. The highest BCUT2D eigenvalue weighted by Gasteiger charge is 2.23. The van der Waals surface area contributed by atoms with Gasteiger partial charge in [0.25, 0.3) is 0 Å². The van der Waals surface area contributed by atoms with E-state index in [1.165, 1.54) is 6.20 Å². The van der Waals surface area contributed by atoms with Crippen LogP contribution in [0.2, 0.25) is 0 Å². The van der Waals surface area contributed by atoms with Crippen LogP contribution in [-0.2, 0) is 9.53 Å². The molecule has 1 heterocycles. The molecule has 1 aromatic heterocycles. The average molecular weight is 195 g/mol. The molecule has 4 nitrogen and oxygen atoms in total. The van der Waals surface area contributed by atoms with E-state index in [2.05, 4.69) is 0 Å². The minimum absolute atomic E-state index is 0.328. The Labute approximate surface area is 82.7 Å². The van der Waals surface area contributed by atoms with Crippen molar-refractivity contribution >= 4 is 5.97 Å². The number of nitrogens with zero attached hydrogens (tertiary/aromatic N) is 1. The van der Waals surface area contributed by atoms with Crippen LogP contribution in [0.1, 0.15) is 25.5 Å². The third kappa shape index (κ3) is 2.22. The topological polar surface area (TPSA) is 53.2 Å². The Kier molecular flexibility index (Phi) is 3.45. The Morgan fingerprint density at radius 2 is 2.36 bits per heavy atom. The number of aromatic nitrogens is 1. The van der Waals surface area contributed by atoms with Crippen molar-refractivity contribution in [2.45, 2.75) is 19.8 Å². The van der Waals surface area contributed by atoms with E-state index in [4.69, 9.17) is 4.74 Å². The molecule has 76 valence electrons. The van der Waals surface area contributed by atoms with Gasteiger partial charge in [-0.2, -0.15) is 4.73 Å². The van der Waals surface area contributed by atoms with Gasteiger partial charge in [0.05, 0.1) is 6.61 Å². The molecule has 0 saturated heterocycles. The van der Waals surface area contributed by atoms with Gasteiger partial charge < -0.3 is 9.94 Å². The third-order valence-electron chi connectivity index (χ3n) is 1.94. The number of carbonyl (C=O) groups is 1. The van der Waals surface area contributed by atoms with Crippen molar-refractivity contribution in [1.29, 1.82) is 0 Å². The van der Waals surface area contributed by atoms with Crippen molar-refractivity contribution in [3.8, 4) is 0 Å². The first-order valence-corrected chi connectivity index (χ1v) is 4.51. The van der Waals surface area contributed by atoms with Gasteiger partial charge in [-0.3, -0.25) is 4.79 Å². The molecule has 4 heteroatoms. The molecular formula is C10H13NO3. The van der Waals surface area contributed by atoms with Crippen LogP contribution >= 0.6 is 0 Å². The number of hydrogen-bond acceptors (Lipinski definition) is 3. The summed E-state index contributed by atoms with van der Waals surface area (Å²) >= 11 is 0. The van der Waals surface area contributed by atoms with Gasteiger partial charge in [0.15, 0.2) is 6.20 Å². The summed E-state index contributed by atoms with van der Waals surface area (Å²) in [6.45, 7) is 3.72. The zero-order valence-electron chi connectivity index (χ0n) is 8.27. The van der Waals surface area contributed by atoms with Crippen molar-refractivity contribution in [3.05, 3.63) is 35.3 Å². The molecule has 1 aromatic rings. The molecule has 1 rings (SSSR count). The summed E-state index contributed by atoms with van der Waals surface area (Å²) in [6, 6.07) is 4.96. The minimum Gasteiger partial charge on any atom is -0.618 e. The molecular weight excluding hydrogens is 182 g/mol. The fourth-order valence-electron chi connectivity index (χ4n) is 1.16. The highest BCUT2D eigenvalue weighted by atomic mass is 16.5. The molecule has 0 amide bonds. The van der Waals surface area contributed by atoms with Crippen molar-refractivity contribution in [2.24, 2.45) is 0 Å². The van der Waals surface area contributed by atoms with E-state index in [1.807, 2.05) is 0 Å². The van der Waals surface area contributed by atoms with E-state index in [-0.39, 0.29) is 5.97 Å². The predicted molar refractivity (Wildman–Crippen MR) is 50.5 cm³/mol. The van der Waals surface area contributed by atoms with Gasteiger partial charge >= 0.3 is 5.97 Å². The summed E-state index contributed by atoms with van der Waals surface area (Å²) < 4.78 is 5.50. The Morgan fingerprint density at radius 3 is 2.93 bits per heavy atom. The van der Waals surface area contributed by atoms with Crippen molar-refractivity contribution in [2.75, 3.05) is 6.61 Å². The predicted octanol–water partition coefficient (Wildman–Crippen LogP) is 0.987. The van der Waals surface area contributed by atoms with E-state index in [9.17, 15) is 10.0 Å². The zero-order valence-corrected chi connectivity index (χ0v) is 8.27. The van der Waals surface area contributed by atoms with Crippen LogP contribution in [0.15, 0.2) is 24.4 Å². The Bertz CT molecular complexity index is 325. The van der Waals surface area contributed by atoms with E-state index in [0.29, 0.717) is 17.0 Å². The molecule has 14 heavy (non-hydrogen) atoms. The smallest absolute Gasteiger partial charge is 0.319 e. The second-order valence-electron chi connectivity index (χ2n) is 2.93. The van der Waals surface area contributed by atoms with Gasteiger partial charge in [-0.05, 0) is 19.9 Å². The molecule has 0 saturated carbocycles. The number of pyridine rings is 1. The van der Waals surface area contributed by atoms with E-state index in [0.717, 1.165) is 0 Å². The summed E-state index contributed by atoms with van der Waals surface area (Å²) in [5.74, 6) is -0.892. The zero-order chi connectivity index (χ0) is 10.6. The molecule has 1 unspecified atom stereocenters. The van der Waals surface area contributed by atoms with Gasteiger partial charge in [0, 0.05) is 12.1 Å². The number of esters is 1. The van der Waals surface area contributed by atoms with Gasteiger partial charge in [-0.1, -0.05) is 0 Å². The second-order valence-corrected chi connectivity index (χ2v) is 2.93. The van der Waals surface area contributed by atoms with Crippen LogP contribution in [0, 0.1) is 5.21 Å². The SMILES string of the molecule is CCOC(=O)C(C)c1cccc[n+]1[O-]. The standard InChI is InChI=1S/C10H13NO3/c1-3-14-10(12)8(2)9-6-4-5-7-11(9)13/h4-8H,3H2,1-2H3. The lowest BCUT2D eigenvalue weighted by Crippen LogP contribution is -2.34. The van der Waals surface area contributed by atoms with Crippen LogP contribution in [0.5, 0.6) is 0 Å². The maximum Gasteiger partial charge on any atom is 0.319 e. The number of rotatable bonds is 3.